The smallest absolute Gasteiger partial charge is 0.337 e. The summed E-state index contributed by atoms with van der Waals surface area (Å²) in [4.78, 5) is 26.9. The summed E-state index contributed by atoms with van der Waals surface area (Å²) < 4.78 is 10.7. The maximum Gasteiger partial charge on any atom is 0.337 e. The molecule has 2 unspecified atom stereocenters. The van der Waals surface area contributed by atoms with Gasteiger partial charge in [-0.05, 0) is 62.6 Å². The molecule has 0 bridgehead atoms. The fraction of sp³-hybridized carbons (Fsp3) is 0.440. The van der Waals surface area contributed by atoms with Crippen LogP contribution in [0.15, 0.2) is 48.5 Å². The van der Waals surface area contributed by atoms with Gasteiger partial charge in [-0.2, -0.15) is 0 Å². The van der Waals surface area contributed by atoms with E-state index in [1.165, 1.54) is 7.11 Å². The van der Waals surface area contributed by atoms with E-state index in [9.17, 15) is 9.59 Å². The van der Waals surface area contributed by atoms with Crippen LogP contribution in [0.2, 0.25) is 0 Å². The lowest BCUT2D eigenvalue weighted by Gasteiger charge is -2.35. The van der Waals surface area contributed by atoms with Crippen molar-refractivity contribution in [2.24, 2.45) is 0 Å². The second-order valence-corrected chi connectivity index (χ2v) is 8.01. The predicted octanol–water partition coefficient (Wildman–Crippen LogP) is 3.89. The number of nitrogens with one attached hydrogen (secondary N) is 1. The normalized spacial score (nSPS) is 17.6. The number of nitrogens with zero attached hydrogens (tertiary/aromatic N) is 1. The lowest BCUT2D eigenvalue weighted by atomic mass is 10.00. The van der Waals surface area contributed by atoms with Crippen LogP contribution in [0.4, 0.5) is 0 Å². The fourth-order valence-electron chi connectivity index (χ4n) is 3.97. The van der Waals surface area contributed by atoms with E-state index < -0.39 is 0 Å². The Morgan fingerprint density at radius 2 is 1.87 bits per heavy atom. The van der Waals surface area contributed by atoms with Gasteiger partial charge < -0.3 is 14.8 Å². The van der Waals surface area contributed by atoms with Crippen LogP contribution in [-0.4, -0.2) is 49.6 Å². The molecule has 1 aliphatic heterocycles. The number of esters is 1. The Balaban J connectivity index is 1.55. The average Bonchev–Trinajstić information content (AvgIpc) is 2.80. The highest BCUT2D eigenvalue weighted by Crippen LogP contribution is 2.21. The number of para-hydroxylation sites is 1. The number of likely N-dealkylation sites (tertiary alicyclic amines) is 1. The zero-order valence-corrected chi connectivity index (χ0v) is 18.6. The molecular formula is C25H32N2O4. The summed E-state index contributed by atoms with van der Waals surface area (Å²) in [6, 6.07) is 14.8. The molecule has 1 amide bonds. The van der Waals surface area contributed by atoms with Crippen LogP contribution in [0, 0.1) is 6.92 Å². The van der Waals surface area contributed by atoms with Crippen molar-refractivity contribution >= 4 is 11.9 Å². The zero-order chi connectivity index (χ0) is 22.2. The number of piperidine rings is 1. The maximum atomic E-state index is 13.0. The van der Waals surface area contributed by atoms with Crippen molar-refractivity contribution in [2.75, 3.05) is 26.8 Å². The van der Waals surface area contributed by atoms with Gasteiger partial charge in [-0.3, -0.25) is 9.69 Å². The van der Waals surface area contributed by atoms with Gasteiger partial charge in [-0.1, -0.05) is 36.8 Å². The maximum absolute atomic E-state index is 13.0. The van der Waals surface area contributed by atoms with Gasteiger partial charge in [0.05, 0.1) is 24.8 Å². The van der Waals surface area contributed by atoms with Gasteiger partial charge >= 0.3 is 5.97 Å². The standard InChI is InChI=1S/C25H32N2O4/c1-18-8-4-5-10-23(18)31-17-16-27-15-7-6-9-22(27)24(28)26-19(2)20-11-13-21(14-12-20)25(29)30-3/h4-5,8,10-14,19,22H,6-7,9,15-17H2,1-3H3,(H,26,28). The summed E-state index contributed by atoms with van der Waals surface area (Å²) in [6.07, 6.45) is 3.00. The number of benzene rings is 2. The molecule has 2 atom stereocenters. The molecule has 1 N–H and O–H groups in total. The van der Waals surface area contributed by atoms with Crippen LogP contribution in [0.3, 0.4) is 0 Å². The van der Waals surface area contributed by atoms with Gasteiger partial charge in [0, 0.05) is 6.54 Å². The van der Waals surface area contributed by atoms with Crippen molar-refractivity contribution in [3.63, 3.8) is 0 Å². The molecule has 1 fully saturated rings. The summed E-state index contributed by atoms with van der Waals surface area (Å²) in [5, 5.41) is 3.14. The van der Waals surface area contributed by atoms with Crippen molar-refractivity contribution in [2.45, 2.75) is 45.2 Å². The fourth-order valence-corrected chi connectivity index (χ4v) is 3.97. The first-order valence-corrected chi connectivity index (χ1v) is 10.9. The average molecular weight is 425 g/mol. The van der Waals surface area contributed by atoms with E-state index in [0.29, 0.717) is 18.7 Å². The Labute approximate surface area is 184 Å². The summed E-state index contributed by atoms with van der Waals surface area (Å²) >= 11 is 0. The minimum absolute atomic E-state index is 0.0418. The molecule has 0 radical (unpaired) electrons. The van der Waals surface area contributed by atoms with Crippen molar-refractivity contribution in [3.05, 3.63) is 65.2 Å². The van der Waals surface area contributed by atoms with Crippen molar-refractivity contribution in [3.8, 4) is 5.75 Å². The summed E-state index contributed by atoms with van der Waals surface area (Å²) in [6.45, 7) is 6.16. The van der Waals surface area contributed by atoms with E-state index in [1.807, 2.05) is 50.2 Å². The molecule has 2 aromatic rings. The lowest BCUT2D eigenvalue weighted by molar-refractivity contribution is -0.128. The molecule has 1 aliphatic rings. The van der Waals surface area contributed by atoms with Crippen molar-refractivity contribution < 1.29 is 19.1 Å². The van der Waals surface area contributed by atoms with Crippen LogP contribution < -0.4 is 10.1 Å². The van der Waals surface area contributed by atoms with Gasteiger partial charge in [-0.25, -0.2) is 4.79 Å². The topological polar surface area (TPSA) is 67.9 Å². The first kappa shape index (κ1) is 22.8. The van der Waals surface area contributed by atoms with Gasteiger partial charge in [0.2, 0.25) is 5.91 Å². The van der Waals surface area contributed by atoms with Crippen LogP contribution in [0.1, 0.15) is 53.7 Å². The molecule has 0 saturated carbocycles. The molecule has 1 heterocycles. The monoisotopic (exact) mass is 424 g/mol. The number of rotatable bonds is 8. The Kier molecular flexibility index (Phi) is 8.06. The Bertz CT molecular complexity index is 881. The number of amides is 1. The number of hydrogen-bond donors (Lipinski definition) is 1. The molecule has 3 rings (SSSR count). The third kappa shape index (κ3) is 6.07. The number of ether oxygens (including phenoxy) is 2. The number of methoxy groups -OCH3 is 1. The highest BCUT2D eigenvalue weighted by atomic mass is 16.5. The first-order valence-electron chi connectivity index (χ1n) is 10.9. The van der Waals surface area contributed by atoms with Gasteiger partial charge in [-0.15, -0.1) is 0 Å². The minimum atomic E-state index is -0.367. The number of aryl methyl sites for hydroxylation is 1. The Morgan fingerprint density at radius 3 is 2.58 bits per heavy atom. The van der Waals surface area contributed by atoms with E-state index in [2.05, 4.69) is 10.2 Å². The van der Waals surface area contributed by atoms with Gasteiger partial charge in [0.25, 0.3) is 0 Å². The molecule has 31 heavy (non-hydrogen) atoms. The molecule has 0 aromatic heterocycles. The number of hydrogen-bond acceptors (Lipinski definition) is 5. The van der Waals surface area contributed by atoms with Crippen LogP contribution in [-0.2, 0) is 9.53 Å². The van der Waals surface area contributed by atoms with Crippen LogP contribution >= 0.6 is 0 Å². The summed E-state index contributed by atoms with van der Waals surface area (Å²) in [7, 11) is 1.36. The second-order valence-electron chi connectivity index (χ2n) is 8.01. The van der Waals surface area contributed by atoms with E-state index in [4.69, 9.17) is 9.47 Å². The molecule has 2 aromatic carbocycles. The van der Waals surface area contributed by atoms with E-state index in [0.717, 1.165) is 42.7 Å². The zero-order valence-electron chi connectivity index (χ0n) is 18.6. The molecule has 166 valence electrons. The largest absolute Gasteiger partial charge is 0.492 e. The summed E-state index contributed by atoms with van der Waals surface area (Å²) in [5.74, 6) is 0.568. The molecular weight excluding hydrogens is 392 g/mol. The highest BCUT2D eigenvalue weighted by molar-refractivity contribution is 5.89. The second kappa shape index (κ2) is 11.0. The van der Waals surface area contributed by atoms with Crippen molar-refractivity contribution in [1.82, 2.24) is 10.2 Å². The third-order valence-corrected chi connectivity index (χ3v) is 5.84. The van der Waals surface area contributed by atoms with Crippen LogP contribution in [0.5, 0.6) is 5.75 Å². The summed E-state index contributed by atoms with van der Waals surface area (Å²) in [5.41, 5.74) is 2.56. The van der Waals surface area contributed by atoms with Crippen LogP contribution in [0.25, 0.3) is 0 Å². The van der Waals surface area contributed by atoms with Gasteiger partial charge in [0.15, 0.2) is 0 Å². The van der Waals surface area contributed by atoms with Gasteiger partial charge in [0.1, 0.15) is 12.4 Å². The lowest BCUT2D eigenvalue weighted by Crippen LogP contribution is -2.51. The molecule has 6 heteroatoms. The van der Waals surface area contributed by atoms with Crippen molar-refractivity contribution in [1.29, 1.82) is 0 Å². The number of carbonyl (C=O) groups is 2. The van der Waals surface area contributed by atoms with E-state index >= 15 is 0 Å². The van der Waals surface area contributed by atoms with E-state index in [1.54, 1.807) is 12.1 Å². The SMILES string of the molecule is COC(=O)c1ccc(C(C)NC(=O)C2CCCCN2CCOc2ccccc2C)cc1. The molecule has 6 nitrogen and oxygen atoms in total. The quantitative estimate of drug-likeness (QED) is 0.651. The highest BCUT2D eigenvalue weighted by Gasteiger charge is 2.29. The molecule has 0 spiro atoms. The number of carbonyl (C=O) groups excluding carboxylic acids is 2. The Morgan fingerprint density at radius 1 is 1.13 bits per heavy atom. The Hall–Kier alpha value is -2.86. The third-order valence-electron chi connectivity index (χ3n) is 5.84. The molecule has 0 aliphatic carbocycles. The minimum Gasteiger partial charge on any atom is -0.492 e. The first-order chi connectivity index (χ1) is 15.0. The molecule has 1 saturated heterocycles. The van der Waals surface area contributed by atoms with E-state index in [-0.39, 0.29) is 24.0 Å². The predicted molar refractivity (Wildman–Crippen MR) is 120 cm³/mol.